The highest BCUT2D eigenvalue weighted by molar-refractivity contribution is 5.81. The van der Waals surface area contributed by atoms with Crippen molar-refractivity contribution >= 4 is 12.1 Å². The summed E-state index contributed by atoms with van der Waals surface area (Å²) < 4.78 is 40.3. The number of hydrogen-bond donors (Lipinski definition) is 1. The fourth-order valence-electron chi connectivity index (χ4n) is 4.05. The van der Waals surface area contributed by atoms with Gasteiger partial charge in [-0.05, 0) is 40.2 Å². The van der Waals surface area contributed by atoms with Crippen molar-refractivity contribution in [2.45, 2.75) is 89.5 Å². The quantitative estimate of drug-likeness (QED) is 0.632. The largest absolute Gasteiger partial charge is 0.455 e. The third kappa shape index (κ3) is 5.64. The van der Waals surface area contributed by atoms with E-state index in [-0.39, 0.29) is 13.2 Å². The summed E-state index contributed by atoms with van der Waals surface area (Å²) >= 11 is 0. The molecule has 0 aromatic heterocycles. The Bertz CT molecular complexity index is 859. The van der Waals surface area contributed by atoms with Gasteiger partial charge in [0.05, 0.1) is 6.61 Å². The van der Waals surface area contributed by atoms with E-state index in [0.29, 0.717) is 0 Å². The Morgan fingerprint density at radius 2 is 1.79 bits per heavy atom. The predicted octanol–water partition coefficient (Wildman–Crippen LogP) is 2.24. The first-order valence-electron chi connectivity index (χ1n) is 11.0. The lowest BCUT2D eigenvalue weighted by Crippen LogP contribution is -2.48. The molecular formula is C23H31NO9. The maximum absolute atomic E-state index is 12.8. The molecule has 0 aliphatic carbocycles. The van der Waals surface area contributed by atoms with Crippen LogP contribution in [0.5, 0.6) is 0 Å². The molecule has 10 heteroatoms. The second-order valence-corrected chi connectivity index (χ2v) is 9.27. The molecule has 0 radical (unpaired) electrons. The number of rotatable bonds is 6. The van der Waals surface area contributed by atoms with Crippen LogP contribution in [0.1, 0.15) is 40.2 Å². The molecule has 182 valence electrons. The van der Waals surface area contributed by atoms with Crippen LogP contribution in [0.2, 0.25) is 0 Å². The van der Waals surface area contributed by atoms with Gasteiger partial charge in [0.1, 0.15) is 24.9 Å². The molecule has 4 rings (SSSR count). The first kappa shape index (κ1) is 23.9. The van der Waals surface area contributed by atoms with Crippen molar-refractivity contribution in [3.63, 3.8) is 0 Å². The lowest BCUT2D eigenvalue weighted by Gasteiger charge is -2.29. The maximum Gasteiger partial charge on any atom is 0.408 e. The standard InChI is InChI=1S/C23H31NO9/c1-13(24-21(26)27-11-14-9-7-6-8-10-14)19(25)29-17-16(15-12-28-22(2,3)31-15)30-20-18(17)32-23(4,5)33-20/h6-10,13,15-18,20H,11-12H2,1-5H3,(H,24,26)/t13?,15-,16-,17+,18-,20-/m1/s1. The van der Waals surface area contributed by atoms with Gasteiger partial charge in [-0.2, -0.15) is 0 Å². The summed E-state index contributed by atoms with van der Waals surface area (Å²) in [7, 11) is 0. The van der Waals surface area contributed by atoms with E-state index in [1.54, 1.807) is 27.7 Å². The van der Waals surface area contributed by atoms with Gasteiger partial charge in [-0.1, -0.05) is 30.3 Å². The van der Waals surface area contributed by atoms with Gasteiger partial charge >= 0.3 is 12.1 Å². The van der Waals surface area contributed by atoms with Gasteiger partial charge < -0.3 is 38.5 Å². The number of ether oxygens (including phenoxy) is 7. The molecule has 1 N–H and O–H groups in total. The SMILES string of the molecule is CC(NC(=O)OCc1ccccc1)C(=O)O[C@@H]1[C@H]2OC(C)(C)O[C@H]2O[C@@H]1[C@H]1COC(C)(C)O1. The maximum atomic E-state index is 12.8. The van der Waals surface area contributed by atoms with E-state index in [9.17, 15) is 9.59 Å². The van der Waals surface area contributed by atoms with Gasteiger partial charge in [-0.3, -0.25) is 0 Å². The van der Waals surface area contributed by atoms with E-state index in [4.69, 9.17) is 33.2 Å². The molecule has 3 aliphatic heterocycles. The van der Waals surface area contributed by atoms with Crippen LogP contribution in [0.3, 0.4) is 0 Å². The minimum absolute atomic E-state index is 0.0891. The molecule has 1 amide bonds. The number of esters is 1. The number of hydrogen-bond acceptors (Lipinski definition) is 9. The summed E-state index contributed by atoms with van der Waals surface area (Å²) in [5.41, 5.74) is 0.836. The number of nitrogens with one attached hydrogen (secondary N) is 1. The Hall–Kier alpha value is -2.24. The van der Waals surface area contributed by atoms with Gasteiger partial charge in [-0.15, -0.1) is 0 Å². The highest BCUT2D eigenvalue weighted by Crippen LogP contribution is 2.42. The Balaban J connectivity index is 1.36. The average Bonchev–Trinajstić information content (AvgIpc) is 3.36. The topological polar surface area (TPSA) is 111 Å². The zero-order chi connectivity index (χ0) is 23.8. The number of amides is 1. The lowest BCUT2D eigenvalue weighted by molar-refractivity contribution is -0.235. The van der Waals surface area contributed by atoms with Gasteiger partial charge in [0.25, 0.3) is 0 Å². The van der Waals surface area contributed by atoms with Crippen LogP contribution in [-0.4, -0.2) is 67.0 Å². The van der Waals surface area contributed by atoms with Crippen LogP contribution >= 0.6 is 0 Å². The Kier molecular flexibility index (Phi) is 6.66. The fraction of sp³-hybridized carbons (Fsp3) is 0.652. The number of carbonyl (C=O) groups excluding carboxylic acids is 2. The van der Waals surface area contributed by atoms with E-state index in [0.717, 1.165) is 5.56 Å². The van der Waals surface area contributed by atoms with Gasteiger partial charge in [0.2, 0.25) is 0 Å². The highest BCUT2D eigenvalue weighted by atomic mass is 16.8. The van der Waals surface area contributed by atoms with Gasteiger partial charge in [0, 0.05) is 0 Å². The molecule has 0 spiro atoms. The molecule has 3 heterocycles. The van der Waals surface area contributed by atoms with Crippen molar-refractivity contribution < 1.29 is 42.7 Å². The summed E-state index contributed by atoms with van der Waals surface area (Å²) in [5.74, 6) is -2.32. The van der Waals surface area contributed by atoms with E-state index in [1.807, 2.05) is 30.3 Å². The summed E-state index contributed by atoms with van der Waals surface area (Å²) in [4.78, 5) is 25.0. The van der Waals surface area contributed by atoms with Crippen molar-refractivity contribution in [2.24, 2.45) is 0 Å². The van der Waals surface area contributed by atoms with Gasteiger partial charge in [-0.25, -0.2) is 9.59 Å². The molecule has 10 nitrogen and oxygen atoms in total. The zero-order valence-corrected chi connectivity index (χ0v) is 19.4. The average molecular weight is 465 g/mol. The first-order valence-corrected chi connectivity index (χ1v) is 11.0. The molecule has 3 aliphatic rings. The van der Waals surface area contributed by atoms with Crippen LogP contribution in [0.15, 0.2) is 30.3 Å². The predicted molar refractivity (Wildman–Crippen MR) is 113 cm³/mol. The number of fused-ring (bicyclic) bond motifs is 1. The monoisotopic (exact) mass is 465 g/mol. The summed E-state index contributed by atoms with van der Waals surface area (Å²) in [5, 5.41) is 2.49. The molecule has 1 aromatic carbocycles. The van der Waals surface area contributed by atoms with E-state index in [2.05, 4.69) is 5.32 Å². The Morgan fingerprint density at radius 1 is 1.06 bits per heavy atom. The highest BCUT2D eigenvalue weighted by Gasteiger charge is 2.60. The van der Waals surface area contributed by atoms with E-state index in [1.165, 1.54) is 6.92 Å². The van der Waals surface area contributed by atoms with Gasteiger partial charge in [0.15, 0.2) is 30.1 Å². The number of benzene rings is 1. The molecule has 1 aromatic rings. The van der Waals surface area contributed by atoms with Crippen LogP contribution in [-0.2, 0) is 44.6 Å². The minimum Gasteiger partial charge on any atom is -0.455 e. The molecular weight excluding hydrogens is 434 g/mol. The normalized spacial score (nSPS) is 32.7. The summed E-state index contributed by atoms with van der Waals surface area (Å²) in [6.45, 7) is 8.99. The van der Waals surface area contributed by atoms with Crippen molar-refractivity contribution in [1.82, 2.24) is 5.32 Å². The van der Waals surface area contributed by atoms with E-state index >= 15 is 0 Å². The molecule has 6 atom stereocenters. The third-order valence-corrected chi connectivity index (χ3v) is 5.58. The second-order valence-electron chi connectivity index (χ2n) is 9.27. The Labute approximate surface area is 192 Å². The smallest absolute Gasteiger partial charge is 0.408 e. The molecule has 3 saturated heterocycles. The third-order valence-electron chi connectivity index (χ3n) is 5.58. The molecule has 3 fully saturated rings. The van der Waals surface area contributed by atoms with Crippen molar-refractivity contribution in [3.05, 3.63) is 35.9 Å². The molecule has 0 saturated carbocycles. The van der Waals surface area contributed by atoms with Crippen LogP contribution in [0.25, 0.3) is 0 Å². The van der Waals surface area contributed by atoms with Crippen molar-refractivity contribution in [3.8, 4) is 0 Å². The van der Waals surface area contributed by atoms with E-state index < -0.39 is 60.4 Å². The summed E-state index contributed by atoms with van der Waals surface area (Å²) in [6, 6.07) is 8.28. The van der Waals surface area contributed by atoms with Crippen LogP contribution < -0.4 is 5.32 Å². The van der Waals surface area contributed by atoms with Crippen molar-refractivity contribution in [2.75, 3.05) is 6.61 Å². The lowest BCUT2D eigenvalue weighted by atomic mass is 10.1. The van der Waals surface area contributed by atoms with Crippen molar-refractivity contribution in [1.29, 1.82) is 0 Å². The summed E-state index contributed by atoms with van der Waals surface area (Å²) in [6.07, 6.45) is -4.02. The molecule has 1 unspecified atom stereocenters. The Morgan fingerprint density at radius 3 is 2.45 bits per heavy atom. The minimum atomic E-state index is -0.958. The number of carbonyl (C=O) groups is 2. The molecule has 0 bridgehead atoms. The van der Waals surface area contributed by atoms with Crippen LogP contribution in [0.4, 0.5) is 4.79 Å². The zero-order valence-electron chi connectivity index (χ0n) is 19.4. The first-order chi connectivity index (χ1) is 15.5. The second kappa shape index (κ2) is 9.19. The molecule has 33 heavy (non-hydrogen) atoms. The fourth-order valence-corrected chi connectivity index (χ4v) is 4.05. The van der Waals surface area contributed by atoms with Crippen LogP contribution in [0, 0.1) is 0 Å². The number of alkyl carbamates (subject to hydrolysis) is 1.